The van der Waals surface area contributed by atoms with Crippen molar-refractivity contribution in [2.24, 2.45) is 5.92 Å². The van der Waals surface area contributed by atoms with Crippen molar-refractivity contribution in [1.82, 2.24) is 15.6 Å². The molecular weight excluding hydrogens is 294 g/mol. The molecule has 2 atom stereocenters. The largest absolute Gasteiger partial charge is 0.393 e. The van der Waals surface area contributed by atoms with Crippen LogP contribution in [0, 0.1) is 5.92 Å². The molecular formula is C17H23N3O3. The molecule has 0 fully saturated rings. The van der Waals surface area contributed by atoms with E-state index in [1.165, 1.54) is 6.07 Å². The van der Waals surface area contributed by atoms with Gasteiger partial charge in [0.1, 0.15) is 0 Å². The van der Waals surface area contributed by atoms with Crippen LogP contribution in [-0.2, 0) is 6.54 Å². The molecule has 0 spiro atoms. The minimum Gasteiger partial charge on any atom is -0.393 e. The average molecular weight is 317 g/mol. The lowest BCUT2D eigenvalue weighted by Crippen LogP contribution is -2.38. The van der Waals surface area contributed by atoms with Gasteiger partial charge in [0.15, 0.2) is 0 Å². The lowest BCUT2D eigenvalue weighted by Gasteiger charge is -2.15. The van der Waals surface area contributed by atoms with E-state index < -0.39 is 0 Å². The van der Waals surface area contributed by atoms with E-state index in [1.54, 1.807) is 6.92 Å². The number of aliphatic hydroxyl groups excluding tert-OH is 1. The number of hydrogen-bond acceptors (Lipinski definition) is 3. The molecule has 0 aliphatic carbocycles. The van der Waals surface area contributed by atoms with Gasteiger partial charge in [-0.1, -0.05) is 25.1 Å². The Morgan fingerprint density at radius 1 is 1.26 bits per heavy atom. The van der Waals surface area contributed by atoms with Gasteiger partial charge in [0.05, 0.1) is 6.10 Å². The van der Waals surface area contributed by atoms with Crippen molar-refractivity contribution >= 4 is 16.9 Å². The summed E-state index contributed by atoms with van der Waals surface area (Å²) < 4.78 is 0. The van der Waals surface area contributed by atoms with Crippen LogP contribution in [0.5, 0.6) is 0 Å². The number of carbonyl (C=O) groups is 1. The number of aliphatic hydroxyl groups is 1. The fourth-order valence-electron chi connectivity index (χ4n) is 2.59. The molecule has 4 N–H and O–H groups in total. The minimum atomic E-state index is -0.378. The smallest absolute Gasteiger partial charge is 0.315 e. The number of rotatable bonds is 6. The maximum absolute atomic E-state index is 11.9. The topological polar surface area (TPSA) is 94.2 Å². The van der Waals surface area contributed by atoms with Crippen molar-refractivity contribution < 1.29 is 9.90 Å². The number of H-pyrrole nitrogens is 1. The number of carbonyl (C=O) groups excluding carboxylic acids is 1. The molecule has 23 heavy (non-hydrogen) atoms. The highest BCUT2D eigenvalue weighted by Gasteiger charge is 2.09. The summed E-state index contributed by atoms with van der Waals surface area (Å²) in [5, 5.41) is 15.8. The normalized spacial score (nSPS) is 13.5. The number of fused-ring (bicyclic) bond motifs is 1. The quantitative estimate of drug-likeness (QED) is 0.653. The van der Waals surface area contributed by atoms with Crippen LogP contribution in [0.15, 0.2) is 35.1 Å². The van der Waals surface area contributed by atoms with Gasteiger partial charge in [-0.15, -0.1) is 0 Å². The number of hydrogen-bond donors (Lipinski definition) is 4. The molecule has 1 aromatic carbocycles. The van der Waals surface area contributed by atoms with E-state index >= 15 is 0 Å². The summed E-state index contributed by atoms with van der Waals surface area (Å²) in [6.07, 6.45) is 0.260. The molecule has 6 nitrogen and oxygen atoms in total. The molecule has 124 valence electrons. The van der Waals surface area contributed by atoms with Crippen molar-refractivity contribution in [3.63, 3.8) is 0 Å². The summed E-state index contributed by atoms with van der Waals surface area (Å²) >= 11 is 0. The van der Waals surface area contributed by atoms with Gasteiger partial charge in [-0.2, -0.15) is 0 Å². The standard InChI is InChI=1S/C17H23N3O3/c1-11(7-12(2)21)9-18-17(23)19-10-13-8-16(22)20-15-6-4-3-5-14(13)15/h3-6,8,11-12,21H,7,9-10H2,1-2H3,(H,20,22)(H2,18,19,23). The maximum atomic E-state index is 11.9. The highest BCUT2D eigenvalue weighted by Crippen LogP contribution is 2.14. The van der Waals surface area contributed by atoms with Gasteiger partial charge in [0, 0.05) is 30.1 Å². The second-order valence-corrected chi connectivity index (χ2v) is 5.96. The second-order valence-electron chi connectivity index (χ2n) is 5.96. The van der Waals surface area contributed by atoms with Gasteiger partial charge < -0.3 is 20.7 Å². The second kappa shape index (κ2) is 7.78. The number of urea groups is 1. The Kier molecular flexibility index (Phi) is 5.76. The van der Waals surface area contributed by atoms with Gasteiger partial charge in [0.25, 0.3) is 0 Å². The summed E-state index contributed by atoms with van der Waals surface area (Å²) in [6.45, 7) is 4.47. The maximum Gasteiger partial charge on any atom is 0.315 e. The average Bonchev–Trinajstić information content (AvgIpc) is 2.49. The van der Waals surface area contributed by atoms with E-state index in [0.717, 1.165) is 16.5 Å². The lowest BCUT2D eigenvalue weighted by atomic mass is 10.1. The first-order chi connectivity index (χ1) is 11.0. The van der Waals surface area contributed by atoms with Crippen LogP contribution in [0.25, 0.3) is 10.9 Å². The Bertz CT molecular complexity index is 724. The molecule has 2 rings (SSSR count). The Morgan fingerprint density at radius 2 is 2.00 bits per heavy atom. The van der Waals surface area contributed by atoms with E-state index in [-0.39, 0.29) is 30.2 Å². The summed E-state index contributed by atoms with van der Waals surface area (Å²) in [5.41, 5.74) is 1.34. The van der Waals surface area contributed by atoms with Crippen molar-refractivity contribution in [2.45, 2.75) is 32.9 Å². The molecule has 0 saturated carbocycles. The van der Waals surface area contributed by atoms with Crippen LogP contribution in [0.4, 0.5) is 4.79 Å². The molecule has 1 aromatic heterocycles. The van der Waals surface area contributed by atoms with Gasteiger partial charge in [0.2, 0.25) is 5.56 Å². The zero-order valence-electron chi connectivity index (χ0n) is 13.4. The zero-order valence-corrected chi connectivity index (χ0v) is 13.4. The minimum absolute atomic E-state index is 0.188. The van der Waals surface area contributed by atoms with E-state index in [1.807, 2.05) is 31.2 Å². The van der Waals surface area contributed by atoms with Crippen molar-refractivity contribution in [3.05, 3.63) is 46.2 Å². The van der Waals surface area contributed by atoms with E-state index in [0.29, 0.717) is 13.0 Å². The molecule has 2 unspecified atom stereocenters. The van der Waals surface area contributed by atoms with E-state index in [9.17, 15) is 14.7 Å². The van der Waals surface area contributed by atoms with Crippen molar-refractivity contribution in [3.8, 4) is 0 Å². The molecule has 0 bridgehead atoms. The Hall–Kier alpha value is -2.34. The summed E-state index contributed by atoms with van der Waals surface area (Å²) in [6, 6.07) is 8.70. The monoisotopic (exact) mass is 317 g/mol. The molecule has 0 aliphatic rings. The predicted octanol–water partition coefficient (Wildman–Crippen LogP) is 1.73. The zero-order chi connectivity index (χ0) is 16.8. The van der Waals surface area contributed by atoms with E-state index in [4.69, 9.17) is 0 Å². The highest BCUT2D eigenvalue weighted by atomic mass is 16.3. The van der Waals surface area contributed by atoms with Gasteiger partial charge in [-0.3, -0.25) is 4.79 Å². The van der Waals surface area contributed by atoms with Crippen LogP contribution in [-0.4, -0.2) is 28.8 Å². The molecule has 0 radical (unpaired) electrons. The third kappa shape index (κ3) is 5.10. The Morgan fingerprint density at radius 3 is 2.74 bits per heavy atom. The number of para-hydroxylation sites is 1. The van der Waals surface area contributed by atoms with Crippen molar-refractivity contribution in [2.75, 3.05) is 6.54 Å². The number of aromatic amines is 1. The van der Waals surface area contributed by atoms with Gasteiger partial charge >= 0.3 is 6.03 Å². The fourth-order valence-corrected chi connectivity index (χ4v) is 2.59. The Balaban J connectivity index is 1.93. The predicted molar refractivity (Wildman–Crippen MR) is 90.3 cm³/mol. The fraction of sp³-hybridized carbons (Fsp3) is 0.412. The SMILES string of the molecule is CC(O)CC(C)CNC(=O)NCc1cc(=O)[nH]c2ccccc12. The molecule has 0 aliphatic heterocycles. The van der Waals surface area contributed by atoms with Crippen LogP contribution in [0.1, 0.15) is 25.8 Å². The first kappa shape index (κ1) is 17.0. The molecule has 2 amide bonds. The summed E-state index contributed by atoms with van der Waals surface area (Å²) in [5.74, 6) is 0.196. The number of aromatic nitrogens is 1. The van der Waals surface area contributed by atoms with Crippen LogP contribution < -0.4 is 16.2 Å². The molecule has 0 saturated heterocycles. The van der Waals surface area contributed by atoms with Crippen molar-refractivity contribution in [1.29, 1.82) is 0 Å². The first-order valence-corrected chi connectivity index (χ1v) is 7.76. The van der Waals surface area contributed by atoms with Crippen LogP contribution in [0.3, 0.4) is 0 Å². The lowest BCUT2D eigenvalue weighted by molar-refractivity contribution is 0.163. The third-order valence-corrected chi connectivity index (χ3v) is 3.63. The summed E-state index contributed by atoms with van der Waals surface area (Å²) in [7, 11) is 0. The van der Waals surface area contributed by atoms with Gasteiger partial charge in [-0.05, 0) is 30.9 Å². The van der Waals surface area contributed by atoms with Crippen LogP contribution in [0.2, 0.25) is 0 Å². The van der Waals surface area contributed by atoms with Crippen LogP contribution >= 0.6 is 0 Å². The third-order valence-electron chi connectivity index (χ3n) is 3.63. The molecule has 2 aromatic rings. The highest BCUT2D eigenvalue weighted by molar-refractivity contribution is 5.82. The van der Waals surface area contributed by atoms with Gasteiger partial charge in [-0.25, -0.2) is 4.79 Å². The number of nitrogens with one attached hydrogen (secondary N) is 3. The first-order valence-electron chi connectivity index (χ1n) is 7.76. The molecule has 1 heterocycles. The number of pyridine rings is 1. The summed E-state index contributed by atoms with van der Waals surface area (Å²) in [4.78, 5) is 26.3. The Labute approximate surface area is 134 Å². The van der Waals surface area contributed by atoms with E-state index in [2.05, 4.69) is 15.6 Å². The number of benzene rings is 1. The number of amides is 2. The molecule has 6 heteroatoms.